The van der Waals surface area contributed by atoms with Crippen LogP contribution >= 0.6 is 0 Å². The number of rotatable bonds is 6. The second-order valence-corrected chi connectivity index (χ2v) is 7.48. The Hall–Kier alpha value is -3.13. The van der Waals surface area contributed by atoms with E-state index in [0.29, 0.717) is 11.3 Å². The van der Waals surface area contributed by atoms with Crippen molar-refractivity contribution < 1.29 is 14.3 Å². The highest BCUT2D eigenvalue weighted by molar-refractivity contribution is 5.92. The van der Waals surface area contributed by atoms with Crippen LogP contribution < -0.4 is 5.73 Å². The van der Waals surface area contributed by atoms with Crippen LogP contribution in [0.1, 0.15) is 72.1 Å². The smallest absolute Gasteiger partial charge is 0.357 e. The number of nitrogens with zero attached hydrogens (tertiary/aromatic N) is 1. The van der Waals surface area contributed by atoms with Crippen LogP contribution in [0.15, 0.2) is 42.5 Å². The normalized spacial score (nSPS) is 10.7. The first-order chi connectivity index (χ1) is 13.2. The van der Waals surface area contributed by atoms with Gasteiger partial charge in [0.1, 0.15) is 17.0 Å². The summed E-state index contributed by atoms with van der Waals surface area (Å²) in [6.45, 7) is 5.46. The molecule has 0 fully saturated rings. The monoisotopic (exact) mass is 378 g/mol. The number of carbonyl (C=O) groups is 2. The molecule has 0 aliphatic rings. The lowest BCUT2D eigenvalue weighted by atomic mass is 10.1. The Kier molecular flexibility index (Phi) is 7.34. The summed E-state index contributed by atoms with van der Waals surface area (Å²) in [6.07, 6.45) is 3.62. The summed E-state index contributed by atoms with van der Waals surface area (Å²) >= 11 is 0. The van der Waals surface area contributed by atoms with E-state index in [2.05, 4.69) is 16.8 Å². The van der Waals surface area contributed by atoms with Gasteiger partial charge in [-0.3, -0.25) is 4.79 Å². The van der Waals surface area contributed by atoms with Gasteiger partial charge in [0.2, 0.25) is 5.91 Å². The van der Waals surface area contributed by atoms with E-state index >= 15 is 0 Å². The highest BCUT2D eigenvalue weighted by atomic mass is 16.6. The van der Waals surface area contributed by atoms with Crippen LogP contribution in [-0.2, 0) is 11.2 Å². The number of primary amides is 1. The van der Waals surface area contributed by atoms with Gasteiger partial charge >= 0.3 is 5.97 Å². The van der Waals surface area contributed by atoms with Crippen LogP contribution in [0.25, 0.3) is 0 Å². The minimum absolute atomic E-state index is 0.265. The lowest BCUT2D eigenvalue weighted by molar-refractivity contribution is 0.00626. The van der Waals surface area contributed by atoms with Crippen molar-refractivity contribution in [2.75, 3.05) is 0 Å². The largest absolute Gasteiger partial charge is 0.455 e. The Labute approximate surface area is 166 Å². The molecule has 0 aliphatic heterocycles. The molecular weight excluding hydrogens is 352 g/mol. The molecule has 2 N–H and O–H groups in total. The summed E-state index contributed by atoms with van der Waals surface area (Å²) < 4.78 is 5.32. The molecule has 0 unspecified atom stereocenters. The van der Waals surface area contributed by atoms with Crippen LogP contribution in [0.3, 0.4) is 0 Å². The zero-order valence-corrected chi connectivity index (χ0v) is 16.6. The third-order valence-electron chi connectivity index (χ3n) is 3.83. The second kappa shape index (κ2) is 9.70. The van der Waals surface area contributed by atoms with Gasteiger partial charge in [-0.1, -0.05) is 24.1 Å². The number of benzene rings is 1. The fourth-order valence-corrected chi connectivity index (χ4v) is 2.48. The molecule has 0 saturated carbocycles. The van der Waals surface area contributed by atoms with E-state index in [1.54, 1.807) is 30.3 Å². The van der Waals surface area contributed by atoms with E-state index < -0.39 is 17.5 Å². The first-order valence-corrected chi connectivity index (χ1v) is 9.32. The Morgan fingerprint density at radius 3 is 2.43 bits per heavy atom. The standard InChI is InChI=1S/C23H26N2O3/c1-23(2,3)28-22(27)20-12-8-11-19(25-20)10-7-5-4-6-9-17-13-15-18(16-14-17)21(24)26/h8,11-16H,4-6,9H2,1-3H3,(H2,24,26). The summed E-state index contributed by atoms with van der Waals surface area (Å²) in [7, 11) is 0. The highest BCUT2D eigenvalue weighted by Gasteiger charge is 2.18. The predicted molar refractivity (Wildman–Crippen MR) is 109 cm³/mol. The first kappa shape index (κ1) is 21.2. The fraction of sp³-hybridized carbons (Fsp3) is 0.348. The molecule has 146 valence electrons. The molecule has 2 aromatic rings. The van der Waals surface area contributed by atoms with E-state index in [4.69, 9.17) is 10.5 Å². The molecule has 5 heteroatoms. The van der Waals surface area contributed by atoms with Crippen molar-refractivity contribution in [1.82, 2.24) is 4.98 Å². The molecule has 0 saturated heterocycles. The number of esters is 1. The second-order valence-electron chi connectivity index (χ2n) is 7.48. The molecule has 28 heavy (non-hydrogen) atoms. The van der Waals surface area contributed by atoms with Crippen molar-refractivity contribution in [3.63, 3.8) is 0 Å². The average molecular weight is 378 g/mol. The molecule has 1 aromatic heterocycles. The van der Waals surface area contributed by atoms with Crippen LogP contribution in [-0.4, -0.2) is 22.5 Å². The number of pyridine rings is 1. The SMILES string of the molecule is CC(C)(C)OC(=O)c1cccc(C#CCCCCc2ccc(C(N)=O)cc2)n1. The minimum atomic E-state index is -0.555. The topological polar surface area (TPSA) is 82.3 Å². The summed E-state index contributed by atoms with van der Waals surface area (Å²) in [4.78, 5) is 27.4. The van der Waals surface area contributed by atoms with E-state index in [0.717, 1.165) is 25.7 Å². The molecular formula is C23H26N2O3. The molecule has 1 amide bonds. The van der Waals surface area contributed by atoms with Crippen LogP contribution in [0.2, 0.25) is 0 Å². The van der Waals surface area contributed by atoms with Gasteiger partial charge < -0.3 is 10.5 Å². The molecule has 0 radical (unpaired) electrons. The van der Waals surface area contributed by atoms with Gasteiger partial charge in [-0.15, -0.1) is 0 Å². The van der Waals surface area contributed by atoms with E-state index in [1.165, 1.54) is 5.56 Å². The zero-order chi connectivity index (χ0) is 20.6. The molecule has 0 bridgehead atoms. The molecule has 1 heterocycles. The highest BCUT2D eigenvalue weighted by Crippen LogP contribution is 2.11. The number of hydrogen-bond acceptors (Lipinski definition) is 4. The number of hydrogen-bond donors (Lipinski definition) is 1. The molecule has 2 rings (SSSR count). The van der Waals surface area contributed by atoms with Crippen molar-refractivity contribution in [1.29, 1.82) is 0 Å². The number of aryl methyl sites for hydroxylation is 1. The van der Waals surface area contributed by atoms with E-state index in [9.17, 15) is 9.59 Å². The summed E-state index contributed by atoms with van der Waals surface area (Å²) in [5.74, 6) is 5.24. The third kappa shape index (κ3) is 7.24. The van der Waals surface area contributed by atoms with Crippen LogP contribution in [0, 0.1) is 11.8 Å². The van der Waals surface area contributed by atoms with Crippen molar-refractivity contribution >= 4 is 11.9 Å². The maximum Gasteiger partial charge on any atom is 0.357 e. The van der Waals surface area contributed by atoms with Gasteiger partial charge in [0.05, 0.1) is 0 Å². The predicted octanol–water partition coefficient (Wildman–Crippen LogP) is 3.90. The lowest BCUT2D eigenvalue weighted by Gasteiger charge is -2.18. The Bertz CT molecular complexity index is 885. The van der Waals surface area contributed by atoms with Gasteiger partial charge in [-0.2, -0.15) is 0 Å². The van der Waals surface area contributed by atoms with Crippen molar-refractivity contribution in [2.24, 2.45) is 5.73 Å². The van der Waals surface area contributed by atoms with Crippen molar-refractivity contribution in [2.45, 2.75) is 52.1 Å². The third-order valence-corrected chi connectivity index (χ3v) is 3.83. The Morgan fingerprint density at radius 1 is 1.07 bits per heavy atom. The number of nitrogens with two attached hydrogens (primary N) is 1. The number of ether oxygens (including phenoxy) is 1. The van der Waals surface area contributed by atoms with Gasteiger partial charge in [-0.25, -0.2) is 9.78 Å². The Morgan fingerprint density at radius 2 is 1.79 bits per heavy atom. The van der Waals surface area contributed by atoms with Crippen molar-refractivity contribution in [3.8, 4) is 11.8 Å². The van der Waals surface area contributed by atoms with Gasteiger partial charge in [0.15, 0.2) is 0 Å². The average Bonchev–Trinajstić information content (AvgIpc) is 2.64. The van der Waals surface area contributed by atoms with Gasteiger partial charge in [-0.05, 0) is 75.8 Å². The summed E-state index contributed by atoms with van der Waals surface area (Å²) in [5, 5.41) is 0. The van der Waals surface area contributed by atoms with E-state index in [1.807, 2.05) is 32.9 Å². The number of amides is 1. The first-order valence-electron chi connectivity index (χ1n) is 9.32. The number of carbonyl (C=O) groups excluding carboxylic acids is 2. The molecule has 0 atom stereocenters. The quantitative estimate of drug-likeness (QED) is 0.469. The Balaban J connectivity index is 1.80. The maximum absolute atomic E-state index is 12.1. The zero-order valence-electron chi connectivity index (χ0n) is 16.6. The van der Waals surface area contributed by atoms with Crippen LogP contribution in [0.4, 0.5) is 0 Å². The summed E-state index contributed by atoms with van der Waals surface area (Å²) in [5.41, 5.74) is 7.20. The molecule has 5 nitrogen and oxygen atoms in total. The molecule has 0 spiro atoms. The molecule has 1 aromatic carbocycles. The maximum atomic E-state index is 12.1. The number of unbranched alkanes of at least 4 members (excludes halogenated alkanes) is 2. The summed E-state index contributed by atoms with van der Waals surface area (Å²) in [6, 6.07) is 12.5. The van der Waals surface area contributed by atoms with E-state index in [-0.39, 0.29) is 5.69 Å². The molecule has 0 aliphatic carbocycles. The lowest BCUT2D eigenvalue weighted by Crippen LogP contribution is -2.24. The van der Waals surface area contributed by atoms with Crippen LogP contribution in [0.5, 0.6) is 0 Å². The fourth-order valence-electron chi connectivity index (χ4n) is 2.48. The van der Waals surface area contributed by atoms with Gasteiger partial charge in [0, 0.05) is 12.0 Å². The van der Waals surface area contributed by atoms with Gasteiger partial charge in [0.25, 0.3) is 0 Å². The minimum Gasteiger partial charge on any atom is -0.455 e. The van der Waals surface area contributed by atoms with Crippen molar-refractivity contribution in [3.05, 3.63) is 65.0 Å². The number of aromatic nitrogens is 1.